The Morgan fingerprint density at radius 3 is 1.89 bits per heavy atom. The van der Waals surface area contributed by atoms with E-state index in [1.165, 1.54) is 13.3 Å². The summed E-state index contributed by atoms with van der Waals surface area (Å²) in [5.41, 5.74) is 2.07. The average Bonchev–Trinajstić information content (AvgIpc) is 2.49. The zero-order valence-electron chi connectivity index (χ0n) is 10.7. The summed E-state index contributed by atoms with van der Waals surface area (Å²) in [6, 6.07) is 19.5. The molecule has 0 aliphatic carbocycles. The van der Waals surface area contributed by atoms with Gasteiger partial charge in [-0.3, -0.25) is 4.99 Å². The van der Waals surface area contributed by atoms with E-state index >= 15 is 0 Å². The predicted molar refractivity (Wildman–Crippen MR) is 75.2 cm³/mol. The van der Waals surface area contributed by atoms with Crippen molar-refractivity contribution in [1.29, 1.82) is 0 Å². The topological polar surface area (TPSA) is 38.7 Å². The Morgan fingerprint density at radius 2 is 1.47 bits per heavy atom. The van der Waals surface area contributed by atoms with Crippen LogP contribution in [0.1, 0.15) is 17.2 Å². The summed E-state index contributed by atoms with van der Waals surface area (Å²) in [7, 11) is 1.34. The van der Waals surface area contributed by atoms with Gasteiger partial charge in [0, 0.05) is 0 Å². The molecule has 0 unspecified atom stereocenters. The Bertz CT molecular complexity index is 510. The molecule has 0 aliphatic rings. The van der Waals surface area contributed by atoms with Gasteiger partial charge < -0.3 is 4.74 Å². The Balaban J connectivity index is 2.34. The number of carbonyl (C=O) groups is 1. The van der Waals surface area contributed by atoms with Gasteiger partial charge in [-0.2, -0.15) is 0 Å². The van der Waals surface area contributed by atoms with Crippen LogP contribution in [-0.2, 0) is 9.53 Å². The third kappa shape index (κ3) is 3.52. The molecule has 0 aliphatic heterocycles. The molecular formula is C16H15NO2. The van der Waals surface area contributed by atoms with Crippen LogP contribution in [0, 0.1) is 0 Å². The molecule has 96 valence electrons. The SMILES string of the molecule is COC(=O)C=NC(c1ccccc1)c1ccccc1. The number of carbonyl (C=O) groups excluding carboxylic acids is 1. The van der Waals surface area contributed by atoms with Crippen LogP contribution in [0.25, 0.3) is 0 Å². The number of hydrogen-bond donors (Lipinski definition) is 0. The van der Waals surface area contributed by atoms with Gasteiger partial charge in [-0.1, -0.05) is 60.7 Å². The van der Waals surface area contributed by atoms with Crippen LogP contribution in [0.4, 0.5) is 0 Å². The maximum absolute atomic E-state index is 11.2. The molecule has 0 saturated carbocycles. The normalized spacial score (nSPS) is 10.8. The minimum absolute atomic E-state index is 0.193. The van der Waals surface area contributed by atoms with Gasteiger partial charge in [-0.05, 0) is 11.1 Å². The van der Waals surface area contributed by atoms with E-state index in [4.69, 9.17) is 0 Å². The van der Waals surface area contributed by atoms with Crippen molar-refractivity contribution in [2.75, 3.05) is 7.11 Å². The Hall–Kier alpha value is -2.42. The first-order chi connectivity index (χ1) is 9.31. The third-order valence-electron chi connectivity index (χ3n) is 2.76. The lowest BCUT2D eigenvalue weighted by molar-refractivity contribution is -0.132. The molecule has 0 radical (unpaired) electrons. The molecule has 0 fully saturated rings. The summed E-state index contributed by atoms with van der Waals surface area (Å²) in [6.45, 7) is 0. The third-order valence-corrected chi connectivity index (χ3v) is 2.76. The number of ether oxygens (including phenoxy) is 1. The van der Waals surface area contributed by atoms with Gasteiger partial charge in [-0.15, -0.1) is 0 Å². The second kappa shape index (κ2) is 6.50. The van der Waals surface area contributed by atoms with E-state index in [2.05, 4.69) is 9.73 Å². The van der Waals surface area contributed by atoms with Crippen LogP contribution in [0.2, 0.25) is 0 Å². The van der Waals surface area contributed by atoms with Gasteiger partial charge in [0.2, 0.25) is 0 Å². The van der Waals surface area contributed by atoms with Crippen LogP contribution in [0.3, 0.4) is 0 Å². The van der Waals surface area contributed by atoms with Crippen molar-refractivity contribution >= 4 is 12.2 Å². The number of aliphatic imine (C=N–C) groups is 1. The monoisotopic (exact) mass is 253 g/mol. The van der Waals surface area contributed by atoms with Crippen LogP contribution in [-0.4, -0.2) is 19.3 Å². The fraction of sp³-hybridized carbons (Fsp3) is 0.125. The van der Waals surface area contributed by atoms with Crippen molar-refractivity contribution in [2.24, 2.45) is 4.99 Å². The molecule has 0 heterocycles. The lowest BCUT2D eigenvalue weighted by atomic mass is 9.99. The highest BCUT2D eigenvalue weighted by molar-refractivity contribution is 6.23. The fourth-order valence-corrected chi connectivity index (χ4v) is 1.82. The molecule has 3 heteroatoms. The number of rotatable bonds is 4. The van der Waals surface area contributed by atoms with Crippen molar-refractivity contribution < 1.29 is 9.53 Å². The smallest absolute Gasteiger partial charge is 0.348 e. The van der Waals surface area contributed by atoms with E-state index < -0.39 is 5.97 Å². The van der Waals surface area contributed by atoms with Crippen molar-refractivity contribution in [1.82, 2.24) is 0 Å². The standard InChI is InChI=1S/C16H15NO2/c1-19-15(18)12-17-16(13-8-4-2-5-9-13)14-10-6-3-7-11-14/h2-12,16H,1H3. The molecule has 0 aromatic heterocycles. The van der Waals surface area contributed by atoms with Crippen LogP contribution >= 0.6 is 0 Å². The van der Waals surface area contributed by atoms with Crippen LogP contribution in [0.5, 0.6) is 0 Å². The van der Waals surface area contributed by atoms with E-state index in [1.54, 1.807) is 0 Å². The molecule has 0 amide bonds. The summed E-state index contributed by atoms with van der Waals surface area (Å²) in [6.07, 6.45) is 1.23. The summed E-state index contributed by atoms with van der Waals surface area (Å²) < 4.78 is 4.58. The van der Waals surface area contributed by atoms with Gasteiger partial charge >= 0.3 is 5.97 Å². The molecule has 2 rings (SSSR count). The van der Waals surface area contributed by atoms with E-state index in [0.717, 1.165) is 11.1 Å². The van der Waals surface area contributed by atoms with E-state index in [1.807, 2.05) is 60.7 Å². The highest BCUT2D eigenvalue weighted by atomic mass is 16.5. The number of methoxy groups -OCH3 is 1. The molecule has 0 N–H and O–H groups in total. The quantitative estimate of drug-likeness (QED) is 0.620. The summed E-state index contributed by atoms with van der Waals surface area (Å²) >= 11 is 0. The highest BCUT2D eigenvalue weighted by Gasteiger charge is 2.11. The van der Waals surface area contributed by atoms with Crippen LogP contribution in [0.15, 0.2) is 65.7 Å². The first-order valence-corrected chi connectivity index (χ1v) is 6.02. The zero-order chi connectivity index (χ0) is 13.5. The largest absolute Gasteiger partial charge is 0.465 e. The molecule has 0 spiro atoms. The lowest BCUT2D eigenvalue weighted by Crippen LogP contribution is -2.05. The van der Waals surface area contributed by atoms with E-state index in [9.17, 15) is 4.79 Å². The second-order valence-electron chi connectivity index (χ2n) is 4.03. The summed E-state index contributed by atoms with van der Waals surface area (Å²) in [4.78, 5) is 15.5. The Morgan fingerprint density at radius 1 is 1.00 bits per heavy atom. The first-order valence-electron chi connectivity index (χ1n) is 6.02. The van der Waals surface area contributed by atoms with Gasteiger partial charge in [0.15, 0.2) is 0 Å². The molecule has 2 aromatic carbocycles. The van der Waals surface area contributed by atoms with Gasteiger partial charge in [0.05, 0.1) is 7.11 Å². The van der Waals surface area contributed by atoms with Crippen molar-refractivity contribution in [3.05, 3.63) is 71.8 Å². The molecule has 0 bridgehead atoms. The molecule has 2 aromatic rings. The zero-order valence-corrected chi connectivity index (χ0v) is 10.7. The summed E-state index contributed by atoms with van der Waals surface area (Å²) in [5, 5.41) is 0. The van der Waals surface area contributed by atoms with E-state index in [-0.39, 0.29) is 6.04 Å². The lowest BCUT2D eigenvalue weighted by Gasteiger charge is -2.13. The van der Waals surface area contributed by atoms with E-state index in [0.29, 0.717) is 0 Å². The Labute approximate surface area is 112 Å². The van der Waals surface area contributed by atoms with Gasteiger partial charge in [0.1, 0.15) is 12.3 Å². The molecule has 0 atom stereocenters. The van der Waals surface area contributed by atoms with Crippen molar-refractivity contribution in [3.63, 3.8) is 0 Å². The number of nitrogens with zero attached hydrogens (tertiary/aromatic N) is 1. The van der Waals surface area contributed by atoms with Crippen LogP contribution < -0.4 is 0 Å². The minimum Gasteiger partial charge on any atom is -0.465 e. The average molecular weight is 253 g/mol. The molecule has 0 saturated heterocycles. The maximum Gasteiger partial charge on any atom is 0.348 e. The first kappa shape index (κ1) is 13.0. The second-order valence-corrected chi connectivity index (χ2v) is 4.03. The number of esters is 1. The summed E-state index contributed by atoms with van der Waals surface area (Å²) in [5.74, 6) is -0.447. The molecule has 19 heavy (non-hydrogen) atoms. The minimum atomic E-state index is -0.447. The number of benzene rings is 2. The fourth-order valence-electron chi connectivity index (χ4n) is 1.82. The molecule has 3 nitrogen and oxygen atoms in total. The highest BCUT2D eigenvalue weighted by Crippen LogP contribution is 2.25. The maximum atomic E-state index is 11.2. The Kier molecular flexibility index (Phi) is 4.45. The predicted octanol–water partition coefficient (Wildman–Crippen LogP) is 3.02. The van der Waals surface area contributed by atoms with Gasteiger partial charge in [-0.25, -0.2) is 4.79 Å². The van der Waals surface area contributed by atoms with Crippen molar-refractivity contribution in [2.45, 2.75) is 6.04 Å². The van der Waals surface area contributed by atoms with Gasteiger partial charge in [0.25, 0.3) is 0 Å². The van der Waals surface area contributed by atoms with Crippen molar-refractivity contribution in [3.8, 4) is 0 Å². The number of hydrogen-bond acceptors (Lipinski definition) is 3. The molecular weight excluding hydrogens is 238 g/mol.